The lowest BCUT2D eigenvalue weighted by molar-refractivity contribution is -0.000600. The maximum Gasteiger partial charge on any atom is 0.191 e. The lowest BCUT2D eigenvalue weighted by Crippen LogP contribution is -2.42. The lowest BCUT2D eigenvalue weighted by Gasteiger charge is -2.18. The number of hydrogen-bond donors (Lipinski definition) is 3. The van der Waals surface area contributed by atoms with E-state index in [2.05, 4.69) is 15.6 Å². The van der Waals surface area contributed by atoms with Gasteiger partial charge in [-0.2, -0.15) is 0 Å². The van der Waals surface area contributed by atoms with Crippen LogP contribution in [0.15, 0.2) is 58.1 Å². The van der Waals surface area contributed by atoms with Crippen molar-refractivity contribution in [3.05, 3.63) is 60.1 Å². The molecule has 0 aliphatic rings. The highest BCUT2D eigenvalue weighted by molar-refractivity contribution is 14.0. The number of aliphatic hydroxyl groups is 1. The van der Waals surface area contributed by atoms with Crippen LogP contribution in [0.3, 0.4) is 0 Å². The van der Waals surface area contributed by atoms with Crippen LogP contribution in [0, 0.1) is 0 Å². The molecule has 1 aromatic carbocycles. The van der Waals surface area contributed by atoms with Gasteiger partial charge in [0.15, 0.2) is 5.96 Å². The highest BCUT2D eigenvalue weighted by Gasteiger charge is 2.10. The van der Waals surface area contributed by atoms with E-state index in [9.17, 15) is 5.11 Å². The number of hydrogen-bond acceptors (Lipinski definition) is 4. The standard InChI is InChI=1S/C19H27N3O3.HI/c1-3-20-19(22-13-18-10-7-11-24-18)21-12-17(23)14-25-15(2)16-8-5-4-6-9-16;/h4-11,15,17,23H,3,12-14H2,1-2H3,(H2,20,21,22);1H. The Balaban J connectivity index is 0.00000338. The van der Waals surface area contributed by atoms with Crippen molar-refractivity contribution in [1.82, 2.24) is 10.6 Å². The van der Waals surface area contributed by atoms with Gasteiger partial charge in [-0.3, -0.25) is 0 Å². The Kier molecular flexibility index (Phi) is 11.0. The topological polar surface area (TPSA) is 79.0 Å². The normalized spacial score (nSPS) is 13.6. The molecule has 0 aliphatic heterocycles. The van der Waals surface area contributed by atoms with E-state index in [1.807, 2.05) is 56.3 Å². The van der Waals surface area contributed by atoms with Gasteiger partial charge in [-0.25, -0.2) is 4.99 Å². The van der Waals surface area contributed by atoms with Gasteiger partial charge in [0.05, 0.1) is 25.1 Å². The summed E-state index contributed by atoms with van der Waals surface area (Å²) in [5.41, 5.74) is 1.09. The van der Waals surface area contributed by atoms with Gasteiger partial charge in [-0.05, 0) is 31.5 Å². The molecule has 26 heavy (non-hydrogen) atoms. The molecule has 2 unspecified atom stereocenters. The Hall–Kier alpha value is -1.58. The second-order valence-electron chi connectivity index (χ2n) is 5.70. The van der Waals surface area contributed by atoms with Crippen molar-refractivity contribution in [1.29, 1.82) is 0 Å². The number of benzene rings is 1. The van der Waals surface area contributed by atoms with Crippen molar-refractivity contribution in [2.24, 2.45) is 4.99 Å². The number of furan rings is 1. The summed E-state index contributed by atoms with van der Waals surface area (Å²) in [5.74, 6) is 1.42. The van der Waals surface area contributed by atoms with Crippen LogP contribution in [0.2, 0.25) is 0 Å². The molecular formula is C19H28IN3O3. The fraction of sp³-hybridized carbons (Fsp3) is 0.421. The fourth-order valence-electron chi connectivity index (χ4n) is 2.25. The molecule has 6 nitrogen and oxygen atoms in total. The maximum atomic E-state index is 10.1. The number of nitrogens with zero attached hydrogens (tertiary/aromatic N) is 1. The van der Waals surface area contributed by atoms with Crippen molar-refractivity contribution in [2.75, 3.05) is 19.7 Å². The van der Waals surface area contributed by atoms with Gasteiger partial charge in [0.2, 0.25) is 0 Å². The Morgan fingerprint density at radius 2 is 1.96 bits per heavy atom. The molecule has 0 amide bonds. The van der Waals surface area contributed by atoms with Gasteiger partial charge in [0.1, 0.15) is 12.3 Å². The fourth-order valence-corrected chi connectivity index (χ4v) is 2.25. The van der Waals surface area contributed by atoms with Crippen LogP contribution >= 0.6 is 24.0 Å². The SMILES string of the molecule is CCNC(=NCc1ccco1)NCC(O)COC(C)c1ccccc1.I. The van der Waals surface area contributed by atoms with E-state index in [0.29, 0.717) is 19.0 Å². The Bertz CT molecular complexity index is 620. The zero-order valence-electron chi connectivity index (χ0n) is 15.2. The average Bonchev–Trinajstić information content (AvgIpc) is 3.16. The highest BCUT2D eigenvalue weighted by atomic mass is 127. The summed E-state index contributed by atoms with van der Waals surface area (Å²) >= 11 is 0. The largest absolute Gasteiger partial charge is 0.467 e. The average molecular weight is 473 g/mol. The van der Waals surface area contributed by atoms with Gasteiger partial charge in [-0.15, -0.1) is 24.0 Å². The first kappa shape index (κ1) is 22.5. The first-order valence-corrected chi connectivity index (χ1v) is 8.58. The molecule has 144 valence electrons. The van der Waals surface area contributed by atoms with Crippen LogP contribution in [-0.2, 0) is 11.3 Å². The van der Waals surface area contributed by atoms with Gasteiger partial charge >= 0.3 is 0 Å². The zero-order valence-corrected chi connectivity index (χ0v) is 17.6. The van der Waals surface area contributed by atoms with E-state index in [0.717, 1.165) is 17.9 Å². The van der Waals surface area contributed by atoms with E-state index in [4.69, 9.17) is 9.15 Å². The number of rotatable bonds is 9. The molecule has 3 N–H and O–H groups in total. The zero-order chi connectivity index (χ0) is 17.9. The van der Waals surface area contributed by atoms with E-state index in [-0.39, 0.29) is 36.7 Å². The first-order chi connectivity index (χ1) is 12.2. The Morgan fingerprint density at radius 3 is 2.62 bits per heavy atom. The van der Waals surface area contributed by atoms with E-state index in [1.54, 1.807) is 6.26 Å². The number of aliphatic imine (C=N–C) groups is 1. The molecule has 0 aliphatic carbocycles. The number of halogens is 1. The molecule has 1 heterocycles. The van der Waals surface area contributed by atoms with E-state index >= 15 is 0 Å². The number of aliphatic hydroxyl groups excluding tert-OH is 1. The minimum Gasteiger partial charge on any atom is -0.467 e. The summed E-state index contributed by atoms with van der Waals surface area (Å²) in [6.07, 6.45) is 0.940. The smallest absolute Gasteiger partial charge is 0.191 e. The third kappa shape index (κ3) is 8.20. The van der Waals surface area contributed by atoms with E-state index in [1.165, 1.54) is 0 Å². The Morgan fingerprint density at radius 1 is 1.19 bits per heavy atom. The van der Waals surface area contributed by atoms with E-state index < -0.39 is 6.10 Å². The van der Waals surface area contributed by atoms with Crippen LogP contribution in [0.1, 0.15) is 31.3 Å². The molecule has 1 aromatic heterocycles. The summed E-state index contributed by atoms with van der Waals surface area (Å²) in [5, 5.41) is 16.4. The second kappa shape index (κ2) is 12.7. The van der Waals surface area contributed by atoms with Gasteiger partial charge in [0.25, 0.3) is 0 Å². The minimum atomic E-state index is -0.626. The van der Waals surface area contributed by atoms with Crippen LogP contribution in [0.4, 0.5) is 0 Å². The molecule has 0 spiro atoms. The molecule has 0 radical (unpaired) electrons. The number of nitrogens with one attached hydrogen (secondary N) is 2. The molecule has 2 aromatic rings. The molecular weight excluding hydrogens is 445 g/mol. The lowest BCUT2D eigenvalue weighted by atomic mass is 10.1. The molecule has 0 fully saturated rings. The van der Waals surface area contributed by atoms with Crippen molar-refractivity contribution in [3.8, 4) is 0 Å². The predicted octanol–water partition coefficient (Wildman–Crippen LogP) is 3.09. The molecule has 2 rings (SSSR count). The summed E-state index contributed by atoms with van der Waals surface area (Å²) < 4.78 is 11.0. The number of ether oxygens (including phenoxy) is 1. The van der Waals surface area contributed by atoms with Crippen molar-refractivity contribution in [3.63, 3.8) is 0 Å². The van der Waals surface area contributed by atoms with Crippen molar-refractivity contribution >= 4 is 29.9 Å². The molecule has 0 saturated heterocycles. The quantitative estimate of drug-likeness (QED) is 0.297. The van der Waals surface area contributed by atoms with Crippen LogP contribution in [0.25, 0.3) is 0 Å². The van der Waals surface area contributed by atoms with Gasteiger partial charge in [0, 0.05) is 13.1 Å². The monoisotopic (exact) mass is 473 g/mol. The third-order valence-electron chi connectivity index (χ3n) is 3.63. The molecule has 7 heteroatoms. The summed E-state index contributed by atoms with van der Waals surface area (Å²) in [7, 11) is 0. The van der Waals surface area contributed by atoms with Crippen molar-refractivity contribution in [2.45, 2.75) is 32.6 Å². The second-order valence-corrected chi connectivity index (χ2v) is 5.70. The highest BCUT2D eigenvalue weighted by Crippen LogP contribution is 2.15. The molecule has 2 atom stereocenters. The van der Waals surface area contributed by atoms with Crippen molar-refractivity contribution < 1.29 is 14.3 Å². The van der Waals surface area contributed by atoms with Crippen LogP contribution in [0.5, 0.6) is 0 Å². The summed E-state index contributed by atoms with van der Waals surface area (Å²) in [6.45, 7) is 5.75. The first-order valence-electron chi connectivity index (χ1n) is 8.58. The van der Waals surface area contributed by atoms with Crippen LogP contribution < -0.4 is 10.6 Å². The van der Waals surface area contributed by atoms with Crippen LogP contribution in [-0.4, -0.2) is 36.9 Å². The number of guanidine groups is 1. The summed E-state index contributed by atoms with van der Waals surface area (Å²) in [6, 6.07) is 13.7. The maximum absolute atomic E-state index is 10.1. The predicted molar refractivity (Wildman–Crippen MR) is 114 cm³/mol. The molecule has 0 saturated carbocycles. The van der Waals surface area contributed by atoms with Gasteiger partial charge < -0.3 is 24.9 Å². The molecule has 0 bridgehead atoms. The third-order valence-corrected chi connectivity index (χ3v) is 3.63. The minimum absolute atomic E-state index is 0. The summed E-state index contributed by atoms with van der Waals surface area (Å²) in [4.78, 5) is 4.42. The van der Waals surface area contributed by atoms with Gasteiger partial charge in [-0.1, -0.05) is 30.3 Å². The Labute approximate surface area is 172 Å².